The molecule has 0 unspecified atom stereocenters. The van der Waals surface area contributed by atoms with E-state index in [4.69, 9.17) is 0 Å². The first-order valence-electron chi connectivity index (χ1n) is 9.17. The average Bonchev–Trinajstić information content (AvgIpc) is 2.71. The molecule has 1 aliphatic heterocycles. The minimum absolute atomic E-state index is 0.0555. The maximum absolute atomic E-state index is 13.2. The molecule has 6 heteroatoms. The van der Waals surface area contributed by atoms with Crippen molar-refractivity contribution in [3.05, 3.63) is 34.3 Å². The molecule has 1 aliphatic carbocycles. The fourth-order valence-electron chi connectivity index (χ4n) is 4.83. The van der Waals surface area contributed by atoms with Crippen LogP contribution in [0.15, 0.2) is 28.7 Å². The van der Waals surface area contributed by atoms with Gasteiger partial charge in [0.2, 0.25) is 0 Å². The van der Waals surface area contributed by atoms with E-state index in [2.05, 4.69) is 42.0 Å². The van der Waals surface area contributed by atoms with Crippen LogP contribution in [0.2, 0.25) is 0 Å². The summed E-state index contributed by atoms with van der Waals surface area (Å²) >= 11 is 3.43. The first-order valence-corrected chi connectivity index (χ1v) is 9.97. The van der Waals surface area contributed by atoms with Gasteiger partial charge in [-0.25, -0.2) is 9.69 Å². The van der Waals surface area contributed by atoms with Gasteiger partial charge in [-0.15, -0.1) is 0 Å². The Kier molecular flexibility index (Phi) is 5.19. The number of hydrogen-bond acceptors (Lipinski definition) is 3. The van der Waals surface area contributed by atoms with Gasteiger partial charge in [0.25, 0.3) is 5.91 Å². The quantitative estimate of drug-likeness (QED) is 0.747. The van der Waals surface area contributed by atoms with E-state index in [1.165, 1.54) is 4.90 Å². The molecule has 2 atom stereocenters. The second kappa shape index (κ2) is 6.97. The highest BCUT2D eigenvalue weighted by atomic mass is 79.9. The Hall–Kier alpha value is -1.40. The number of rotatable bonds is 4. The zero-order valence-electron chi connectivity index (χ0n) is 16.0. The number of carbonyl (C=O) groups is 2. The van der Waals surface area contributed by atoms with E-state index in [9.17, 15) is 9.59 Å². The Labute approximate surface area is 164 Å². The Morgan fingerprint density at radius 3 is 2.50 bits per heavy atom. The zero-order valence-corrected chi connectivity index (χ0v) is 17.6. The van der Waals surface area contributed by atoms with Crippen LogP contribution in [0, 0.1) is 11.3 Å². The van der Waals surface area contributed by atoms with Gasteiger partial charge >= 0.3 is 6.03 Å². The number of imide groups is 1. The van der Waals surface area contributed by atoms with Crippen LogP contribution in [0.5, 0.6) is 0 Å². The standard InChI is InChI=1S/C20H28BrN3O2/c1-14-9-19(2,3)12-20(10-14)17(25)24(18(26)22-20)13-23(4)11-15-5-7-16(21)8-6-15/h5-8,14H,9-13H2,1-4H3,(H,22,26)/t14-,20+/m1/s1. The highest BCUT2D eigenvalue weighted by Crippen LogP contribution is 2.46. The van der Waals surface area contributed by atoms with E-state index < -0.39 is 5.54 Å². The SMILES string of the molecule is C[C@@H]1CC(C)(C)C[C@]2(C1)NC(=O)N(CN(C)Cc1ccc(Br)cc1)C2=O. The van der Waals surface area contributed by atoms with Crippen molar-refractivity contribution in [2.24, 2.45) is 11.3 Å². The van der Waals surface area contributed by atoms with Crippen LogP contribution in [0.1, 0.15) is 45.6 Å². The van der Waals surface area contributed by atoms with Crippen LogP contribution in [-0.4, -0.2) is 41.0 Å². The van der Waals surface area contributed by atoms with Crippen molar-refractivity contribution < 1.29 is 9.59 Å². The lowest BCUT2D eigenvalue weighted by Gasteiger charge is -2.43. The molecule has 1 saturated heterocycles. The maximum Gasteiger partial charge on any atom is 0.326 e. The fourth-order valence-corrected chi connectivity index (χ4v) is 5.09. The first kappa shape index (κ1) is 19.4. The van der Waals surface area contributed by atoms with Crippen molar-refractivity contribution in [2.75, 3.05) is 13.7 Å². The predicted octanol–water partition coefficient (Wildman–Crippen LogP) is 3.98. The molecule has 3 rings (SSSR count). The largest absolute Gasteiger partial charge is 0.326 e. The summed E-state index contributed by atoms with van der Waals surface area (Å²) in [4.78, 5) is 29.1. The number of halogens is 1. The van der Waals surface area contributed by atoms with Crippen molar-refractivity contribution in [1.82, 2.24) is 15.1 Å². The topological polar surface area (TPSA) is 52.7 Å². The molecule has 1 N–H and O–H groups in total. The zero-order chi connectivity index (χ0) is 19.1. The molecule has 3 amide bonds. The molecular weight excluding hydrogens is 394 g/mol. The molecule has 1 aromatic rings. The third-order valence-corrected chi connectivity index (χ3v) is 5.90. The van der Waals surface area contributed by atoms with E-state index >= 15 is 0 Å². The Morgan fingerprint density at radius 1 is 1.23 bits per heavy atom. The summed E-state index contributed by atoms with van der Waals surface area (Å²) in [5, 5.41) is 3.04. The second-order valence-electron chi connectivity index (χ2n) is 8.88. The molecule has 1 heterocycles. The van der Waals surface area contributed by atoms with Gasteiger partial charge in [0, 0.05) is 11.0 Å². The minimum Gasteiger partial charge on any atom is -0.323 e. The normalized spacial score (nSPS) is 28.1. The van der Waals surface area contributed by atoms with E-state index in [1.807, 2.05) is 36.2 Å². The number of nitrogens with zero attached hydrogens (tertiary/aromatic N) is 2. The van der Waals surface area contributed by atoms with Gasteiger partial charge in [0.1, 0.15) is 5.54 Å². The van der Waals surface area contributed by atoms with Crippen LogP contribution in [-0.2, 0) is 11.3 Å². The minimum atomic E-state index is -0.725. The molecule has 1 spiro atoms. The molecule has 26 heavy (non-hydrogen) atoms. The third kappa shape index (κ3) is 3.96. The number of urea groups is 1. The van der Waals surface area contributed by atoms with E-state index in [1.54, 1.807) is 0 Å². The molecule has 0 radical (unpaired) electrons. The predicted molar refractivity (Wildman–Crippen MR) is 105 cm³/mol. The summed E-state index contributed by atoms with van der Waals surface area (Å²) in [6, 6.07) is 7.82. The van der Waals surface area contributed by atoms with Crippen LogP contribution in [0.4, 0.5) is 4.79 Å². The molecule has 0 bridgehead atoms. The lowest BCUT2D eigenvalue weighted by Crippen LogP contribution is -2.54. The number of carbonyl (C=O) groups excluding carboxylic acids is 2. The first-order chi connectivity index (χ1) is 12.1. The summed E-state index contributed by atoms with van der Waals surface area (Å²) in [6.45, 7) is 7.53. The van der Waals surface area contributed by atoms with Gasteiger partial charge in [-0.05, 0) is 55.3 Å². The van der Waals surface area contributed by atoms with Gasteiger partial charge in [0.15, 0.2) is 0 Å². The van der Waals surface area contributed by atoms with Crippen LogP contribution in [0.3, 0.4) is 0 Å². The van der Waals surface area contributed by atoms with Crippen LogP contribution < -0.4 is 5.32 Å². The van der Waals surface area contributed by atoms with Crippen molar-refractivity contribution in [3.63, 3.8) is 0 Å². The summed E-state index contributed by atoms with van der Waals surface area (Å²) < 4.78 is 1.04. The lowest BCUT2D eigenvalue weighted by atomic mass is 9.64. The third-order valence-electron chi connectivity index (χ3n) is 5.37. The van der Waals surface area contributed by atoms with Crippen LogP contribution >= 0.6 is 15.9 Å². The average molecular weight is 422 g/mol. The molecule has 2 aliphatic rings. The molecule has 1 aromatic carbocycles. The lowest BCUT2D eigenvalue weighted by molar-refractivity contribution is -0.136. The molecule has 2 fully saturated rings. The number of nitrogens with one attached hydrogen (secondary N) is 1. The van der Waals surface area contributed by atoms with Gasteiger partial charge in [-0.2, -0.15) is 0 Å². The van der Waals surface area contributed by atoms with E-state index in [-0.39, 0.29) is 17.4 Å². The van der Waals surface area contributed by atoms with Gasteiger partial charge in [-0.3, -0.25) is 9.69 Å². The van der Waals surface area contributed by atoms with Gasteiger partial charge in [-0.1, -0.05) is 48.8 Å². The Bertz CT molecular complexity index is 704. The van der Waals surface area contributed by atoms with E-state index in [0.717, 1.165) is 22.9 Å². The fraction of sp³-hybridized carbons (Fsp3) is 0.600. The van der Waals surface area contributed by atoms with Crippen LogP contribution in [0.25, 0.3) is 0 Å². The molecule has 5 nitrogen and oxygen atoms in total. The van der Waals surface area contributed by atoms with Crippen molar-refractivity contribution in [3.8, 4) is 0 Å². The van der Waals surface area contributed by atoms with Gasteiger partial charge < -0.3 is 5.32 Å². The number of amides is 3. The molecule has 142 valence electrons. The molecule has 0 aromatic heterocycles. The Morgan fingerprint density at radius 2 is 1.88 bits per heavy atom. The number of hydrogen-bond donors (Lipinski definition) is 1. The second-order valence-corrected chi connectivity index (χ2v) is 9.80. The molecular formula is C20H28BrN3O2. The van der Waals surface area contributed by atoms with Crippen molar-refractivity contribution in [2.45, 2.75) is 52.1 Å². The van der Waals surface area contributed by atoms with Crippen molar-refractivity contribution >= 4 is 27.9 Å². The highest BCUT2D eigenvalue weighted by molar-refractivity contribution is 9.10. The summed E-state index contributed by atoms with van der Waals surface area (Å²) in [7, 11) is 1.93. The maximum atomic E-state index is 13.2. The Balaban J connectivity index is 1.70. The smallest absolute Gasteiger partial charge is 0.323 e. The van der Waals surface area contributed by atoms with Crippen molar-refractivity contribution in [1.29, 1.82) is 0 Å². The highest BCUT2D eigenvalue weighted by Gasteiger charge is 2.56. The summed E-state index contributed by atoms with van der Waals surface area (Å²) in [6.07, 6.45) is 2.52. The summed E-state index contributed by atoms with van der Waals surface area (Å²) in [5.41, 5.74) is 0.473. The monoisotopic (exact) mass is 421 g/mol. The summed E-state index contributed by atoms with van der Waals surface area (Å²) in [5.74, 6) is 0.355. The van der Waals surface area contributed by atoms with E-state index in [0.29, 0.717) is 25.6 Å². The number of benzene rings is 1. The molecule has 1 saturated carbocycles. The van der Waals surface area contributed by atoms with Gasteiger partial charge in [0.05, 0.1) is 6.67 Å².